The maximum atomic E-state index is 11.8. The first-order valence-electron chi connectivity index (χ1n) is 6.46. The lowest BCUT2D eigenvalue weighted by Gasteiger charge is -2.14. The van der Waals surface area contributed by atoms with E-state index in [2.05, 4.69) is 34.8 Å². The van der Waals surface area contributed by atoms with Gasteiger partial charge in [-0.25, -0.2) is 9.78 Å². The van der Waals surface area contributed by atoms with Gasteiger partial charge in [0.2, 0.25) is 0 Å². The minimum absolute atomic E-state index is 0.287. The summed E-state index contributed by atoms with van der Waals surface area (Å²) in [5.74, 6) is 0.183. The summed E-state index contributed by atoms with van der Waals surface area (Å²) in [4.78, 5) is 15.8. The highest BCUT2D eigenvalue weighted by molar-refractivity contribution is 9.10. The molecule has 1 atom stereocenters. The van der Waals surface area contributed by atoms with Gasteiger partial charge in [0, 0.05) is 6.20 Å². The molecule has 0 saturated heterocycles. The standard InChI is InChI=1S/C14H20BrNO2/c1-3-5-6-11(4-2)10-18-14(17)12-7-8-13(15)16-9-12/h7-9,11H,3-6,10H2,1-2H3. The van der Waals surface area contributed by atoms with Crippen LogP contribution in [0.2, 0.25) is 0 Å². The van der Waals surface area contributed by atoms with Crippen molar-refractivity contribution in [2.75, 3.05) is 6.61 Å². The van der Waals surface area contributed by atoms with Crippen LogP contribution in [0.25, 0.3) is 0 Å². The molecule has 0 fully saturated rings. The number of carbonyl (C=O) groups is 1. The summed E-state index contributed by atoms with van der Waals surface area (Å²) in [6, 6.07) is 3.46. The molecule has 1 aromatic rings. The summed E-state index contributed by atoms with van der Waals surface area (Å²) in [6.45, 7) is 4.81. The van der Waals surface area contributed by atoms with E-state index in [9.17, 15) is 4.79 Å². The van der Waals surface area contributed by atoms with Crippen molar-refractivity contribution in [3.05, 3.63) is 28.5 Å². The molecule has 0 bridgehead atoms. The monoisotopic (exact) mass is 313 g/mol. The second kappa shape index (κ2) is 8.25. The minimum atomic E-state index is -0.287. The number of hydrogen-bond donors (Lipinski definition) is 0. The van der Waals surface area contributed by atoms with Crippen molar-refractivity contribution in [1.82, 2.24) is 4.98 Å². The Labute approximate surface area is 117 Å². The second-order valence-electron chi connectivity index (χ2n) is 4.38. The lowest BCUT2D eigenvalue weighted by molar-refractivity contribution is 0.0427. The molecule has 1 aromatic heterocycles. The van der Waals surface area contributed by atoms with Crippen LogP contribution in [0.3, 0.4) is 0 Å². The number of esters is 1. The van der Waals surface area contributed by atoms with E-state index in [0.29, 0.717) is 22.7 Å². The lowest BCUT2D eigenvalue weighted by Crippen LogP contribution is -2.14. The highest BCUT2D eigenvalue weighted by Gasteiger charge is 2.11. The zero-order valence-corrected chi connectivity index (χ0v) is 12.6. The summed E-state index contributed by atoms with van der Waals surface area (Å²) in [7, 11) is 0. The van der Waals surface area contributed by atoms with E-state index in [1.807, 2.05) is 0 Å². The van der Waals surface area contributed by atoms with Crippen LogP contribution in [-0.4, -0.2) is 17.6 Å². The highest BCUT2D eigenvalue weighted by Crippen LogP contribution is 2.14. The number of ether oxygens (including phenoxy) is 1. The van der Waals surface area contributed by atoms with Crippen molar-refractivity contribution < 1.29 is 9.53 Å². The molecule has 4 heteroatoms. The number of rotatable bonds is 7. The molecule has 100 valence electrons. The molecule has 0 amide bonds. The summed E-state index contributed by atoms with van der Waals surface area (Å²) >= 11 is 3.23. The molecule has 0 aliphatic heterocycles. The number of unbranched alkanes of at least 4 members (excludes halogenated alkanes) is 1. The van der Waals surface area contributed by atoms with E-state index >= 15 is 0 Å². The van der Waals surface area contributed by atoms with Gasteiger partial charge < -0.3 is 4.74 Å². The van der Waals surface area contributed by atoms with Gasteiger partial charge in [-0.3, -0.25) is 0 Å². The third-order valence-corrected chi connectivity index (χ3v) is 3.43. The van der Waals surface area contributed by atoms with Gasteiger partial charge in [-0.05, 0) is 40.4 Å². The van der Waals surface area contributed by atoms with Crippen LogP contribution in [0.4, 0.5) is 0 Å². The molecule has 0 spiro atoms. The van der Waals surface area contributed by atoms with Crippen LogP contribution < -0.4 is 0 Å². The third kappa shape index (κ3) is 5.17. The lowest BCUT2D eigenvalue weighted by atomic mass is 10.0. The SMILES string of the molecule is CCCCC(CC)COC(=O)c1ccc(Br)nc1. The Morgan fingerprint density at radius 2 is 2.22 bits per heavy atom. The molecule has 18 heavy (non-hydrogen) atoms. The molecule has 0 aromatic carbocycles. The number of aromatic nitrogens is 1. The molecule has 0 radical (unpaired) electrons. The predicted molar refractivity (Wildman–Crippen MR) is 75.5 cm³/mol. The van der Waals surface area contributed by atoms with Crippen LogP contribution in [0.1, 0.15) is 49.9 Å². The highest BCUT2D eigenvalue weighted by atomic mass is 79.9. The Morgan fingerprint density at radius 1 is 1.44 bits per heavy atom. The maximum Gasteiger partial charge on any atom is 0.339 e. The summed E-state index contributed by atoms with van der Waals surface area (Å²) in [6.07, 6.45) is 6.07. The van der Waals surface area contributed by atoms with E-state index in [1.54, 1.807) is 12.1 Å². The normalized spacial score (nSPS) is 12.2. The van der Waals surface area contributed by atoms with Gasteiger partial charge in [-0.1, -0.05) is 33.1 Å². The molecular formula is C14H20BrNO2. The number of pyridine rings is 1. The number of carbonyl (C=O) groups excluding carboxylic acids is 1. The van der Waals surface area contributed by atoms with Crippen molar-refractivity contribution in [3.63, 3.8) is 0 Å². The largest absolute Gasteiger partial charge is 0.462 e. The average molecular weight is 314 g/mol. The molecule has 3 nitrogen and oxygen atoms in total. The average Bonchev–Trinajstić information content (AvgIpc) is 2.39. The molecule has 0 aliphatic carbocycles. The molecule has 1 unspecified atom stereocenters. The van der Waals surface area contributed by atoms with Crippen LogP contribution >= 0.6 is 15.9 Å². The van der Waals surface area contributed by atoms with Gasteiger partial charge in [0.05, 0.1) is 12.2 Å². The molecule has 0 N–H and O–H groups in total. The van der Waals surface area contributed by atoms with E-state index in [-0.39, 0.29) is 5.97 Å². The van der Waals surface area contributed by atoms with Crippen molar-refractivity contribution in [2.24, 2.45) is 5.92 Å². The molecule has 0 saturated carbocycles. The van der Waals surface area contributed by atoms with E-state index in [4.69, 9.17) is 4.74 Å². The topological polar surface area (TPSA) is 39.2 Å². The van der Waals surface area contributed by atoms with Crippen LogP contribution in [0.15, 0.2) is 22.9 Å². The zero-order chi connectivity index (χ0) is 13.4. The summed E-state index contributed by atoms with van der Waals surface area (Å²) in [5.41, 5.74) is 0.503. The zero-order valence-electron chi connectivity index (χ0n) is 11.0. The Bertz CT molecular complexity index is 365. The fourth-order valence-electron chi connectivity index (χ4n) is 1.67. The van der Waals surface area contributed by atoms with Crippen LogP contribution in [0.5, 0.6) is 0 Å². The van der Waals surface area contributed by atoms with E-state index in [1.165, 1.54) is 19.0 Å². The molecule has 1 rings (SSSR count). The Morgan fingerprint density at radius 3 is 2.78 bits per heavy atom. The molecular weight excluding hydrogens is 294 g/mol. The van der Waals surface area contributed by atoms with Crippen LogP contribution in [-0.2, 0) is 4.74 Å². The number of hydrogen-bond acceptors (Lipinski definition) is 3. The van der Waals surface area contributed by atoms with Crippen molar-refractivity contribution in [1.29, 1.82) is 0 Å². The summed E-state index contributed by atoms with van der Waals surface area (Å²) < 4.78 is 6.04. The fourth-order valence-corrected chi connectivity index (χ4v) is 1.91. The Balaban J connectivity index is 2.42. The van der Waals surface area contributed by atoms with Crippen LogP contribution in [0, 0.1) is 5.92 Å². The van der Waals surface area contributed by atoms with Crippen molar-refractivity contribution in [2.45, 2.75) is 39.5 Å². The first kappa shape index (κ1) is 15.2. The quantitative estimate of drug-likeness (QED) is 0.559. The first-order chi connectivity index (χ1) is 8.67. The summed E-state index contributed by atoms with van der Waals surface area (Å²) in [5, 5.41) is 0. The van der Waals surface area contributed by atoms with Gasteiger partial charge in [0.15, 0.2) is 0 Å². The minimum Gasteiger partial charge on any atom is -0.462 e. The van der Waals surface area contributed by atoms with E-state index < -0.39 is 0 Å². The van der Waals surface area contributed by atoms with Gasteiger partial charge in [0.25, 0.3) is 0 Å². The van der Waals surface area contributed by atoms with E-state index in [0.717, 1.165) is 12.8 Å². The first-order valence-corrected chi connectivity index (χ1v) is 7.25. The maximum absolute atomic E-state index is 11.8. The third-order valence-electron chi connectivity index (χ3n) is 2.96. The smallest absolute Gasteiger partial charge is 0.339 e. The van der Waals surface area contributed by atoms with Gasteiger partial charge in [0.1, 0.15) is 4.60 Å². The van der Waals surface area contributed by atoms with Crippen molar-refractivity contribution in [3.8, 4) is 0 Å². The Kier molecular flexibility index (Phi) is 6.94. The molecule has 1 heterocycles. The second-order valence-corrected chi connectivity index (χ2v) is 5.20. The Hall–Kier alpha value is -0.900. The van der Waals surface area contributed by atoms with Gasteiger partial charge >= 0.3 is 5.97 Å². The predicted octanol–water partition coefficient (Wildman–Crippen LogP) is 4.22. The number of nitrogens with zero attached hydrogens (tertiary/aromatic N) is 1. The van der Waals surface area contributed by atoms with Crippen molar-refractivity contribution >= 4 is 21.9 Å². The fraction of sp³-hybridized carbons (Fsp3) is 0.571. The van der Waals surface area contributed by atoms with Gasteiger partial charge in [-0.15, -0.1) is 0 Å². The number of halogens is 1. The molecule has 0 aliphatic rings. The van der Waals surface area contributed by atoms with Gasteiger partial charge in [-0.2, -0.15) is 0 Å².